The first-order valence-electron chi connectivity index (χ1n) is 41.6. The maximum Gasteiger partial charge on any atom is 0.164 e. The number of hydrogen-bond acceptors (Lipinski definition) is 8. The van der Waals surface area contributed by atoms with Crippen molar-refractivity contribution in [2.24, 2.45) is 0 Å². The molecule has 8 heteroatoms. The van der Waals surface area contributed by atoms with Crippen LogP contribution < -0.4 is 0 Å². The molecule has 2 aliphatic rings. The Morgan fingerprint density at radius 2 is 0.484 bits per heavy atom. The standard InChI is InChI=1S/2C57H40N4/c1-57(2)51-25-11-24-48(52(51)50-31-30-38-13-6-7-23-49(38)53(50)57)45-20-9-18-43(34-45)41-16-8-17-42(33-41)44-19-10-21-46(35-44)56-60-54(39-14-4-3-5-15-39)59-55(61-56)40-28-26-37(27-29-40)47-22-12-32-58-36-47;1-57(2)50-25-11-24-49(53(50)52-48-23-7-6-13-38(48)30-31-51(52)57)45-20-9-18-43(34-45)41-16-8-17-42(33-41)44-19-10-21-46(35-44)56-60-54(39-14-4-3-5-15-39)59-55(61-56)40-28-26-37(27-29-40)47-22-12-32-58-36-47/h2*3-36H,1-2H3. The van der Waals surface area contributed by atoms with Crippen molar-refractivity contribution in [1.29, 1.82) is 0 Å². The summed E-state index contributed by atoms with van der Waals surface area (Å²) in [6, 6.07) is 138. The lowest BCUT2D eigenvalue weighted by Gasteiger charge is -2.23. The molecule has 8 nitrogen and oxygen atoms in total. The van der Waals surface area contributed by atoms with Crippen molar-refractivity contribution < 1.29 is 0 Å². The minimum absolute atomic E-state index is 0.0938. The molecule has 0 atom stereocenters. The average Bonchev–Trinajstić information content (AvgIpc) is 1.56. The third-order valence-corrected chi connectivity index (χ3v) is 24.4. The lowest BCUT2D eigenvalue weighted by molar-refractivity contribution is 0.661. The van der Waals surface area contributed by atoms with E-state index in [0.717, 1.165) is 89.0 Å². The molecule has 20 aromatic rings. The van der Waals surface area contributed by atoms with E-state index in [9.17, 15) is 0 Å². The summed E-state index contributed by atoms with van der Waals surface area (Å²) in [6.45, 7) is 9.46. The number of benzene rings is 16. The van der Waals surface area contributed by atoms with Gasteiger partial charge in [-0.2, -0.15) is 0 Å². The summed E-state index contributed by atoms with van der Waals surface area (Å²) < 4.78 is 0. The van der Waals surface area contributed by atoms with Crippen molar-refractivity contribution in [2.45, 2.75) is 38.5 Å². The third kappa shape index (κ3) is 13.8. The summed E-state index contributed by atoms with van der Waals surface area (Å²) >= 11 is 0. The van der Waals surface area contributed by atoms with Gasteiger partial charge in [-0.15, -0.1) is 0 Å². The number of aromatic nitrogens is 8. The van der Waals surface area contributed by atoms with Crippen LogP contribution >= 0.6 is 0 Å². The highest BCUT2D eigenvalue weighted by molar-refractivity contribution is 6.07. The molecule has 0 saturated carbocycles. The van der Waals surface area contributed by atoms with Gasteiger partial charge >= 0.3 is 0 Å². The minimum Gasteiger partial charge on any atom is -0.264 e. The molecule has 4 aromatic heterocycles. The van der Waals surface area contributed by atoms with Gasteiger partial charge in [-0.3, -0.25) is 9.97 Å². The van der Waals surface area contributed by atoms with E-state index in [1.807, 2.05) is 85.2 Å². The van der Waals surface area contributed by atoms with Crippen LogP contribution in [0.2, 0.25) is 0 Å². The molecule has 0 aliphatic heterocycles. The van der Waals surface area contributed by atoms with E-state index < -0.39 is 0 Å². The van der Waals surface area contributed by atoms with Crippen molar-refractivity contribution in [3.05, 3.63) is 435 Å². The van der Waals surface area contributed by atoms with Crippen molar-refractivity contribution in [1.82, 2.24) is 39.9 Å². The Morgan fingerprint density at radius 3 is 0.918 bits per heavy atom. The second-order valence-electron chi connectivity index (χ2n) is 32.6. The van der Waals surface area contributed by atoms with Crippen LogP contribution in [-0.2, 0) is 10.8 Å². The molecular formula is C114H80N8. The summed E-state index contributed by atoms with van der Waals surface area (Å²) in [5.74, 6) is 3.76. The first-order chi connectivity index (χ1) is 59.9. The van der Waals surface area contributed by atoms with Crippen molar-refractivity contribution in [2.75, 3.05) is 0 Å². The van der Waals surface area contributed by atoms with Crippen molar-refractivity contribution in [3.63, 3.8) is 0 Å². The molecule has 0 radical (unpaired) electrons. The third-order valence-electron chi connectivity index (χ3n) is 24.4. The molecule has 0 unspecified atom stereocenters. The second kappa shape index (κ2) is 31.0. The summed E-state index contributed by atoms with van der Waals surface area (Å²) in [7, 11) is 0. The molecule has 576 valence electrons. The Kier molecular flexibility index (Phi) is 18.8. The molecule has 122 heavy (non-hydrogen) atoms. The fourth-order valence-corrected chi connectivity index (χ4v) is 18.2. The molecule has 0 bridgehead atoms. The van der Waals surface area contributed by atoms with Crippen LogP contribution in [0.3, 0.4) is 0 Å². The maximum absolute atomic E-state index is 5.07. The zero-order chi connectivity index (χ0) is 81.8. The quantitative estimate of drug-likeness (QED) is 0.106. The molecule has 2 aliphatic carbocycles. The summed E-state index contributed by atoms with van der Waals surface area (Å²) in [5, 5.41) is 5.20. The van der Waals surface area contributed by atoms with Crippen LogP contribution in [0.1, 0.15) is 49.9 Å². The molecule has 0 fully saturated rings. The number of rotatable bonds is 14. The van der Waals surface area contributed by atoms with Gasteiger partial charge in [0.15, 0.2) is 34.9 Å². The Bertz CT molecular complexity index is 7410. The number of nitrogens with zero attached hydrogens (tertiary/aromatic N) is 8. The van der Waals surface area contributed by atoms with E-state index >= 15 is 0 Å². The van der Waals surface area contributed by atoms with Gasteiger partial charge in [-0.25, -0.2) is 29.9 Å². The Morgan fingerprint density at radius 1 is 0.180 bits per heavy atom. The minimum atomic E-state index is -0.111. The Labute approximate surface area is 710 Å². The van der Waals surface area contributed by atoms with Crippen LogP contribution in [-0.4, -0.2) is 39.9 Å². The van der Waals surface area contributed by atoms with Gasteiger partial charge in [0.25, 0.3) is 0 Å². The molecule has 22 rings (SSSR count). The largest absolute Gasteiger partial charge is 0.264 e. The van der Waals surface area contributed by atoms with Crippen LogP contribution in [0.5, 0.6) is 0 Å². The maximum atomic E-state index is 5.07. The van der Waals surface area contributed by atoms with Crippen LogP contribution in [0, 0.1) is 0 Å². The summed E-state index contributed by atoms with van der Waals surface area (Å²) in [5.41, 5.74) is 34.6. The van der Waals surface area contributed by atoms with Gasteiger partial charge in [0.1, 0.15) is 0 Å². The molecule has 0 spiro atoms. The van der Waals surface area contributed by atoms with Crippen molar-refractivity contribution >= 4 is 21.5 Å². The number of fused-ring (bicyclic) bond motifs is 10. The molecular weight excluding hydrogens is 1480 g/mol. The first kappa shape index (κ1) is 73.9. The number of pyridine rings is 2. The lowest BCUT2D eigenvalue weighted by atomic mass is 9.80. The van der Waals surface area contributed by atoms with E-state index in [-0.39, 0.29) is 10.8 Å². The SMILES string of the molecule is CC1(C)c2cccc(-c3cccc(-c4cccc(-c5cccc(-c6nc(-c7ccccc7)nc(-c7ccc(-c8cccnc8)cc7)n6)c5)c4)c3)c2-c2c1ccc1ccccc21.CC1(C)c2cccc(-c3cccc(-c4cccc(-c5cccc(-c6nc(-c7ccccc7)nc(-c7ccc(-c8cccnc8)cc7)n6)c5)c4)c3)c2-c2ccc3ccccc3c21. The monoisotopic (exact) mass is 1560 g/mol. The van der Waals surface area contributed by atoms with E-state index in [1.165, 1.54) is 99.4 Å². The van der Waals surface area contributed by atoms with Crippen LogP contribution in [0.4, 0.5) is 0 Å². The van der Waals surface area contributed by atoms with E-state index in [4.69, 9.17) is 29.9 Å². The van der Waals surface area contributed by atoms with Crippen LogP contribution in [0.15, 0.2) is 413 Å². The highest BCUT2D eigenvalue weighted by Crippen LogP contribution is 2.57. The van der Waals surface area contributed by atoms with Crippen molar-refractivity contribution in [3.8, 4) is 180 Å². The zero-order valence-corrected chi connectivity index (χ0v) is 67.8. The molecule has 16 aromatic carbocycles. The van der Waals surface area contributed by atoms with E-state index in [1.54, 1.807) is 12.4 Å². The fraction of sp³-hybridized carbons (Fsp3) is 0.0526. The van der Waals surface area contributed by atoms with Gasteiger partial charge in [0.2, 0.25) is 0 Å². The lowest BCUT2D eigenvalue weighted by Crippen LogP contribution is -2.15. The van der Waals surface area contributed by atoms with Crippen LogP contribution in [0.25, 0.3) is 201 Å². The van der Waals surface area contributed by atoms with E-state index in [0.29, 0.717) is 34.9 Å². The predicted octanol–water partition coefficient (Wildman–Crippen LogP) is 28.8. The molecule has 0 saturated heterocycles. The number of hydrogen-bond donors (Lipinski definition) is 0. The summed E-state index contributed by atoms with van der Waals surface area (Å²) in [4.78, 5) is 38.7. The van der Waals surface area contributed by atoms with Gasteiger partial charge in [0.05, 0.1) is 0 Å². The normalized spacial score (nSPS) is 12.6. The predicted molar refractivity (Wildman–Crippen MR) is 501 cm³/mol. The molecule has 4 heterocycles. The highest BCUT2D eigenvalue weighted by atomic mass is 15.0. The fourth-order valence-electron chi connectivity index (χ4n) is 18.2. The van der Waals surface area contributed by atoms with Gasteiger partial charge < -0.3 is 0 Å². The highest BCUT2D eigenvalue weighted by Gasteiger charge is 2.40. The van der Waals surface area contributed by atoms with Gasteiger partial charge in [-0.1, -0.05) is 367 Å². The molecule has 0 amide bonds. The van der Waals surface area contributed by atoms with Gasteiger partial charge in [0, 0.05) is 69.0 Å². The topological polar surface area (TPSA) is 103 Å². The summed E-state index contributed by atoms with van der Waals surface area (Å²) in [6.07, 6.45) is 7.33. The molecule has 0 N–H and O–H groups in total. The average molecular weight is 1560 g/mol. The Hall–Kier alpha value is -15.6. The van der Waals surface area contributed by atoms with E-state index in [2.05, 4.69) is 353 Å². The smallest absolute Gasteiger partial charge is 0.164 e. The first-order valence-corrected chi connectivity index (χ1v) is 41.6. The van der Waals surface area contributed by atoms with Gasteiger partial charge in [-0.05, 0) is 204 Å². The second-order valence-corrected chi connectivity index (χ2v) is 32.6. The Balaban J connectivity index is 0.000000150. The zero-order valence-electron chi connectivity index (χ0n) is 67.8.